The highest BCUT2D eigenvalue weighted by atomic mass is 35.5. The molecule has 1 fully saturated rings. The molecule has 1 saturated heterocycles. The van der Waals surface area contributed by atoms with E-state index in [0.717, 1.165) is 37.2 Å². The molecule has 6 heteroatoms. The Bertz CT molecular complexity index is 678. The average molecular weight is 305 g/mol. The predicted octanol–water partition coefficient (Wildman–Crippen LogP) is 2.29. The number of likely N-dealkylation sites (tertiary alicyclic amines) is 1. The highest BCUT2D eigenvalue weighted by Gasteiger charge is 2.24. The van der Waals surface area contributed by atoms with E-state index in [-0.39, 0.29) is 16.5 Å². The number of aromatic nitrogens is 3. The molecule has 3 heterocycles. The van der Waals surface area contributed by atoms with Gasteiger partial charge in [-0.3, -0.25) is 9.78 Å². The van der Waals surface area contributed by atoms with Gasteiger partial charge in [0.1, 0.15) is 10.8 Å². The van der Waals surface area contributed by atoms with E-state index in [1.165, 1.54) is 0 Å². The quantitative estimate of drug-likeness (QED) is 0.925. The summed E-state index contributed by atoms with van der Waals surface area (Å²) in [4.78, 5) is 25.7. The average Bonchev–Trinajstić information content (AvgIpc) is 2.52. The maximum Gasteiger partial charge on any atom is 0.270 e. The number of aromatic amines is 1. The lowest BCUT2D eigenvalue weighted by Gasteiger charge is -2.28. The number of nitrogens with zero attached hydrogens (tertiary/aromatic N) is 3. The molecule has 0 amide bonds. The van der Waals surface area contributed by atoms with Gasteiger partial charge in [-0.15, -0.1) is 0 Å². The Balaban J connectivity index is 2.01. The van der Waals surface area contributed by atoms with E-state index >= 15 is 0 Å². The van der Waals surface area contributed by atoms with Gasteiger partial charge >= 0.3 is 0 Å². The van der Waals surface area contributed by atoms with Gasteiger partial charge in [-0.25, -0.2) is 4.98 Å². The van der Waals surface area contributed by atoms with Crippen LogP contribution in [-0.2, 0) is 0 Å². The van der Waals surface area contributed by atoms with Gasteiger partial charge in [-0.1, -0.05) is 11.6 Å². The van der Waals surface area contributed by atoms with Crippen LogP contribution in [0.1, 0.15) is 24.5 Å². The smallest absolute Gasteiger partial charge is 0.270 e. The lowest BCUT2D eigenvalue weighted by Crippen LogP contribution is -2.30. The summed E-state index contributed by atoms with van der Waals surface area (Å²) in [6.07, 6.45) is 5.31. The molecular formula is C15H17ClN4O. The maximum atomic E-state index is 12.1. The molecule has 0 spiro atoms. The van der Waals surface area contributed by atoms with Crippen LogP contribution in [0, 0.1) is 0 Å². The molecule has 5 nitrogen and oxygen atoms in total. The van der Waals surface area contributed by atoms with Gasteiger partial charge in [-0.05, 0) is 45.1 Å². The molecule has 0 radical (unpaired) electrons. The Labute approximate surface area is 128 Å². The fourth-order valence-corrected chi connectivity index (χ4v) is 2.92. The third-order valence-electron chi connectivity index (χ3n) is 3.95. The highest BCUT2D eigenvalue weighted by molar-refractivity contribution is 6.31. The first-order chi connectivity index (χ1) is 10.1. The summed E-state index contributed by atoms with van der Waals surface area (Å²) in [6, 6.07) is 3.65. The second kappa shape index (κ2) is 5.95. The van der Waals surface area contributed by atoms with E-state index in [1.54, 1.807) is 12.4 Å². The minimum Gasteiger partial charge on any atom is -0.306 e. The van der Waals surface area contributed by atoms with E-state index in [0.29, 0.717) is 5.82 Å². The Hall–Kier alpha value is -1.72. The van der Waals surface area contributed by atoms with Crippen LogP contribution in [0.5, 0.6) is 0 Å². The first kappa shape index (κ1) is 14.2. The van der Waals surface area contributed by atoms with Crippen molar-refractivity contribution in [3.05, 3.63) is 45.6 Å². The van der Waals surface area contributed by atoms with Gasteiger partial charge in [0.25, 0.3) is 5.56 Å². The molecule has 3 rings (SSSR count). The first-order valence-corrected chi connectivity index (χ1v) is 7.41. The van der Waals surface area contributed by atoms with Crippen molar-refractivity contribution in [3.63, 3.8) is 0 Å². The van der Waals surface area contributed by atoms with Crippen molar-refractivity contribution in [1.29, 1.82) is 0 Å². The second-order valence-corrected chi connectivity index (χ2v) is 5.81. The Morgan fingerprint density at radius 1 is 1.29 bits per heavy atom. The molecule has 2 aromatic rings. The minimum absolute atomic E-state index is 0.224. The molecule has 21 heavy (non-hydrogen) atoms. The number of H-pyrrole nitrogens is 1. The molecule has 2 aromatic heterocycles. The maximum absolute atomic E-state index is 12.1. The zero-order valence-electron chi connectivity index (χ0n) is 11.8. The summed E-state index contributed by atoms with van der Waals surface area (Å²) in [5.41, 5.74) is 1.29. The number of pyridine rings is 1. The van der Waals surface area contributed by atoms with E-state index in [1.807, 2.05) is 12.1 Å². The van der Waals surface area contributed by atoms with E-state index in [4.69, 9.17) is 11.6 Å². The molecule has 0 aromatic carbocycles. The molecule has 1 aliphatic heterocycles. The zero-order chi connectivity index (χ0) is 14.8. The normalized spacial score (nSPS) is 17.0. The second-order valence-electron chi connectivity index (χ2n) is 5.43. The zero-order valence-corrected chi connectivity index (χ0v) is 12.6. The third kappa shape index (κ3) is 2.99. The Morgan fingerprint density at radius 3 is 2.62 bits per heavy atom. The topological polar surface area (TPSA) is 61.9 Å². The van der Waals surface area contributed by atoms with Crippen molar-refractivity contribution >= 4 is 11.6 Å². The Morgan fingerprint density at radius 2 is 1.95 bits per heavy atom. The van der Waals surface area contributed by atoms with Crippen molar-refractivity contribution in [3.8, 4) is 11.4 Å². The van der Waals surface area contributed by atoms with Crippen LogP contribution in [0.15, 0.2) is 29.3 Å². The number of hydrogen-bond donors (Lipinski definition) is 1. The fraction of sp³-hybridized carbons (Fsp3) is 0.400. The summed E-state index contributed by atoms with van der Waals surface area (Å²) in [6.45, 7) is 2.00. The summed E-state index contributed by atoms with van der Waals surface area (Å²) in [5.74, 6) is 0.803. The monoisotopic (exact) mass is 304 g/mol. The van der Waals surface area contributed by atoms with Crippen LogP contribution >= 0.6 is 11.6 Å². The van der Waals surface area contributed by atoms with E-state index in [9.17, 15) is 4.79 Å². The van der Waals surface area contributed by atoms with Crippen LogP contribution in [0.3, 0.4) is 0 Å². The van der Waals surface area contributed by atoms with Gasteiger partial charge < -0.3 is 9.88 Å². The molecule has 0 unspecified atom stereocenters. The number of hydrogen-bond acceptors (Lipinski definition) is 4. The summed E-state index contributed by atoms with van der Waals surface area (Å²) in [5, 5.41) is 0.224. The SMILES string of the molecule is CN1CCC(c2nc(-c3ccncc3)[nH]c(=O)c2Cl)CC1. The predicted molar refractivity (Wildman–Crippen MR) is 82.6 cm³/mol. The van der Waals surface area contributed by atoms with Crippen molar-refractivity contribution in [2.45, 2.75) is 18.8 Å². The van der Waals surface area contributed by atoms with Gasteiger partial charge in [0.05, 0.1) is 5.69 Å². The number of rotatable bonds is 2. The summed E-state index contributed by atoms with van der Waals surface area (Å²) < 4.78 is 0. The molecule has 0 bridgehead atoms. The summed E-state index contributed by atoms with van der Waals surface area (Å²) >= 11 is 6.19. The minimum atomic E-state index is -0.271. The van der Waals surface area contributed by atoms with Crippen LogP contribution in [0.25, 0.3) is 11.4 Å². The number of halogens is 1. The van der Waals surface area contributed by atoms with E-state index < -0.39 is 0 Å². The highest BCUT2D eigenvalue weighted by Crippen LogP contribution is 2.30. The van der Waals surface area contributed by atoms with Crippen molar-refractivity contribution < 1.29 is 0 Å². The number of piperidine rings is 1. The van der Waals surface area contributed by atoms with Gasteiger partial charge in [0, 0.05) is 23.9 Å². The molecule has 0 atom stereocenters. The van der Waals surface area contributed by atoms with Crippen LogP contribution in [0.4, 0.5) is 0 Å². The molecule has 0 saturated carbocycles. The van der Waals surface area contributed by atoms with Crippen LogP contribution in [-0.4, -0.2) is 40.0 Å². The molecule has 1 aliphatic rings. The third-order valence-corrected chi connectivity index (χ3v) is 4.31. The molecule has 1 N–H and O–H groups in total. The van der Waals surface area contributed by atoms with Gasteiger partial charge in [0.15, 0.2) is 0 Å². The van der Waals surface area contributed by atoms with Gasteiger partial charge in [-0.2, -0.15) is 0 Å². The van der Waals surface area contributed by atoms with E-state index in [2.05, 4.69) is 26.9 Å². The van der Waals surface area contributed by atoms with Crippen LogP contribution in [0.2, 0.25) is 5.02 Å². The Kier molecular flexibility index (Phi) is 4.03. The summed E-state index contributed by atoms with van der Waals surface area (Å²) in [7, 11) is 2.10. The van der Waals surface area contributed by atoms with Crippen LogP contribution < -0.4 is 5.56 Å². The molecular weight excluding hydrogens is 288 g/mol. The van der Waals surface area contributed by atoms with Crippen molar-refractivity contribution in [2.24, 2.45) is 0 Å². The van der Waals surface area contributed by atoms with Crippen molar-refractivity contribution in [2.75, 3.05) is 20.1 Å². The lowest BCUT2D eigenvalue weighted by atomic mass is 9.93. The molecule has 0 aliphatic carbocycles. The fourth-order valence-electron chi connectivity index (χ4n) is 2.68. The van der Waals surface area contributed by atoms with Crippen molar-refractivity contribution in [1.82, 2.24) is 19.9 Å². The largest absolute Gasteiger partial charge is 0.306 e. The number of nitrogens with one attached hydrogen (secondary N) is 1. The lowest BCUT2D eigenvalue weighted by molar-refractivity contribution is 0.253. The standard InChI is InChI=1S/C15H17ClN4O/c1-20-8-4-10(5-9-20)13-12(16)15(21)19-14(18-13)11-2-6-17-7-3-11/h2-3,6-7,10H,4-5,8-9H2,1H3,(H,18,19,21). The molecule has 110 valence electrons. The van der Waals surface area contributed by atoms with Gasteiger partial charge in [0.2, 0.25) is 0 Å². The first-order valence-electron chi connectivity index (χ1n) is 7.04.